The molecule has 33 heavy (non-hydrogen) atoms. The number of carbonyl (C=O) groups excluding carboxylic acids is 3. The van der Waals surface area contributed by atoms with Gasteiger partial charge in [0, 0.05) is 36.9 Å². The van der Waals surface area contributed by atoms with Crippen LogP contribution in [0, 0.1) is 0 Å². The van der Waals surface area contributed by atoms with E-state index in [0.717, 1.165) is 51.3 Å². The normalized spacial score (nSPS) is 20.4. The Labute approximate surface area is 192 Å². The molecule has 2 N–H and O–H groups in total. The van der Waals surface area contributed by atoms with Crippen molar-refractivity contribution in [3.8, 4) is 0 Å². The zero-order valence-corrected chi connectivity index (χ0v) is 18.5. The fourth-order valence-corrected chi connectivity index (χ4v) is 4.57. The Morgan fingerprint density at radius 2 is 1.82 bits per heavy atom. The Kier molecular flexibility index (Phi) is 6.11. The third-order valence-corrected chi connectivity index (χ3v) is 6.33. The first-order valence-corrected chi connectivity index (χ1v) is 11.5. The zero-order valence-electron chi connectivity index (χ0n) is 18.5. The van der Waals surface area contributed by atoms with Crippen LogP contribution in [0.15, 0.2) is 48.5 Å². The maximum absolute atomic E-state index is 13.0. The van der Waals surface area contributed by atoms with Gasteiger partial charge in [-0.1, -0.05) is 30.3 Å². The molecule has 0 radical (unpaired) electrons. The van der Waals surface area contributed by atoms with Crippen molar-refractivity contribution in [2.45, 2.75) is 31.5 Å². The highest BCUT2D eigenvalue weighted by Gasteiger charge is 2.47. The molecule has 0 bridgehead atoms. The number of nitrogens with one attached hydrogen (secondary N) is 2. The van der Waals surface area contributed by atoms with Crippen LogP contribution in [-0.4, -0.2) is 66.4 Å². The van der Waals surface area contributed by atoms with Gasteiger partial charge in [0.25, 0.3) is 5.91 Å². The maximum Gasteiger partial charge on any atom is 0.255 e. The molecular weight excluding hydrogens is 420 g/mol. The van der Waals surface area contributed by atoms with Crippen LogP contribution in [0.2, 0.25) is 0 Å². The van der Waals surface area contributed by atoms with E-state index in [4.69, 9.17) is 4.74 Å². The lowest BCUT2D eigenvalue weighted by atomic mass is 10.0. The Morgan fingerprint density at radius 1 is 1.03 bits per heavy atom. The highest BCUT2D eigenvalue weighted by molar-refractivity contribution is 6.05. The Balaban J connectivity index is 1.19. The Bertz CT molecular complexity index is 1060. The zero-order chi connectivity index (χ0) is 22.8. The van der Waals surface area contributed by atoms with Crippen LogP contribution in [-0.2, 0) is 20.9 Å². The first-order valence-electron chi connectivity index (χ1n) is 11.5. The van der Waals surface area contributed by atoms with Gasteiger partial charge < -0.3 is 20.3 Å². The van der Waals surface area contributed by atoms with Crippen LogP contribution in [0.4, 0.5) is 5.69 Å². The summed E-state index contributed by atoms with van der Waals surface area (Å²) in [6.07, 6.45) is 1.82. The van der Waals surface area contributed by atoms with Gasteiger partial charge in [-0.3, -0.25) is 19.3 Å². The molecule has 8 heteroatoms. The summed E-state index contributed by atoms with van der Waals surface area (Å²) in [5.41, 5.74) is 3.09. The van der Waals surface area contributed by atoms with Gasteiger partial charge in [-0.05, 0) is 42.2 Å². The number of morpholine rings is 1. The van der Waals surface area contributed by atoms with Gasteiger partial charge in [-0.15, -0.1) is 0 Å². The minimum atomic E-state index is -0.675. The molecule has 1 unspecified atom stereocenters. The molecule has 0 aromatic heterocycles. The third kappa shape index (κ3) is 4.77. The largest absolute Gasteiger partial charge is 0.379 e. The summed E-state index contributed by atoms with van der Waals surface area (Å²) in [6, 6.07) is 14.4. The van der Waals surface area contributed by atoms with Crippen LogP contribution in [0.25, 0.3) is 0 Å². The molecule has 3 amide bonds. The summed E-state index contributed by atoms with van der Waals surface area (Å²) in [7, 11) is 0. The van der Waals surface area contributed by atoms with Crippen molar-refractivity contribution in [3.63, 3.8) is 0 Å². The van der Waals surface area contributed by atoms with Crippen LogP contribution in [0.1, 0.15) is 40.4 Å². The summed E-state index contributed by atoms with van der Waals surface area (Å²) in [6.45, 7) is 3.92. The number of fused-ring (bicyclic) bond motifs is 1. The summed E-state index contributed by atoms with van der Waals surface area (Å²) in [5, 5.41) is 5.59. The van der Waals surface area contributed by atoms with Crippen LogP contribution in [0.5, 0.6) is 0 Å². The van der Waals surface area contributed by atoms with Gasteiger partial charge in [0.1, 0.15) is 6.04 Å². The number of hydrogen-bond donors (Lipinski definition) is 2. The smallest absolute Gasteiger partial charge is 0.255 e. The quantitative estimate of drug-likeness (QED) is 0.676. The van der Waals surface area contributed by atoms with Gasteiger partial charge in [0.05, 0.1) is 19.8 Å². The van der Waals surface area contributed by atoms with Crippen molar-refractivity contribution in [2.75, 3.05) is 38.2 Å². The fraction of sp³-hybridized carbons (Fsp3) is 0.400. The molecule has 2 aromatic carbocycles. The fourth-order valence-electron chi connectivity index (χ4n) is 4.57. The molecule has 2 fully saturated rings. The van der Waals surface area contributed by atoms with Crippen molar-refractivity contribution < 1.29 is 19.1 Å². The molecular formula is C25H28N4O4. The second kappa shape index (κ2) is 9.33. The number of amides is 3. The van der Waals surface area contributed by atoms with E-state index in [1.54, 1.807) is 11.0 Å². The molecule has 3 aliphatic rings. The highest BCUT2D eigenvalue weighted by atomic mass is 16.5. The van der Waals surface area contributed by atoms with E-state index in [9.17, 15) is 14.4 Å². The Morgan fingerprint density at radius 3 is 2.61 bits per heavy atom. The number of anilines is 1. The summed E-state index contributed by atoms with van der Waals surface area (Å²) in [5.74, 6) is -0.728. The minimum Gasteiger partial charge on any atom is -0.379 e. The molecule has 1 atom stereocenters. The van der Waals surface area contributed by atoms with E-state index in [1.165, 1.54) is 0 Å². The van der Waals surface area contributed by atoms with Crippen molar-refractivity contribution in [1.29, 1.82) is 0 Å². The number of benzene rings is 2. The number of nitrogens with zero attached hydrogens (tertiary/aromatic N) is 2. The van der Waals surface area contributed by atoms with Crippen molar-refractivity contribution in [2.24, 2.45) is 0 Å². The topological polar surface area (TPSA) is 91.0 Å². The molecule has 172 valence electrons. The predicted molar refractivity (Wildman–Crippen MR) is 123 cm³/mol. The molecule has 2 aliphatic heterocycles. The lowest BCUT2D eigenvalue weighted by Gasteiger charge is -2.26. The molecule has 1 saturated heterocycles. The number of ether oxygens (including phenoxy) is 1. The van der Waals surface area contributed by atoms with E-state index in [2.05, 4.69) is 15.5 Å². The number of rotatable bonds is 7. The average molecular weight is 449 g/mol. The second-order valence-electron chi connectivity index (χ2n) is 8.79. The van der Waals surface area contributed by atoms with Crippen LogP contribution in [0.3, 0.4) is 0 Å². The monoisotopic (exact) mass is 448 g/mol. The van der Waals surface area contributed by atoms with E-state index in [0.29, 0.717) is 16.8 Å². The van der Waals surface area contributed by atoms with Crippen molar-refractivity contribution in [1.82, 2.24) is 15.1 Å². The van der Waals surface area contributed by atoms with E-state index >= 15 is 0 Å². The summed E-state index contributed by atoms with van der Waals surface area (Å²) < 4.78 is 5.39. The first-order chi connectivity index (χ1) is 16.1. The molecule has 2 aromatic rings. The summed E-state index contributed by atoms with van der Waals surface area (Å²) in [4.78, 5) is 42.4. The van der Waals surface area contributed by atoms with Crippen LogP contribution < -0.4 is 10.6 Å². The number of carbonyl (C=O) groups is 3. The molecule has 5 rings (SSSR count). The number of hydrogen-bond acceptors (Lipinski definition) is 5. The van der Waals surface area contributed by atoms with E-state index in [-0.39, 0.29) is 30.3 Å². The molecule has 1 saturated carbocycles. The molecule has 1 aliphatic carbocycles. The van der Waals surface area contributed by atoms with Crippen molar-refractivity contribution in [3.05, 3.63) is 65.2 Å². The molecule has 0 spiro atoms. The van der Waals surface area contributed by atoms with Gasteiger partial charge in [0.2, 0.25) is 11.8 Å². The second-order valence-corrected chi connectivity index (χ2v) is 8.79. The van der Waals surface area contributed by atoms with Crippen molar-refractivity contribution >= 4 is 23.4 Å². The van der Waals surface area contributed by atoms with Gasteiger partial charge >= 0.3 is 0 Å². The average Bonchev–Trinajstić information content (AvgIpc) is 3.62. The summed E-state index contributed by atoms with van der Waals surface area (Å²) >= 11 is 0. The highest BCUT2D eigenvalue weighted by Crippen LogP contribution is 2.41. The van der Waals surface area contributed by atoms with E-state index in [1.807, 2.05) is 42.5 Å². The van der Waals surface area contributed by atoms with Gasteiger partial charge in [-0.25, -0.2) is 0 Å². The molecule has 2 heterocycles. The van der Waals surface area contributed by atoms with Gasteiger partial charge in [0.15, 0.2) is 0 Å². The first kappa shape index (κ1) is 21.6. The predicted octanol–water partition coefficient (Wildman–Crippen LogP) is 1.93. The lowest BCUT2D eigenvalue weighted by molar-refractivity contribution is -0.127. The third-order valence-electron chi connectivity index (χ3n) is 6.33. The van der Waals surface area contributed by atoms with Crippen LogP contribution >= 0.6 is 0 Å². The Hall–Kier alpha value is -3.23. The molecule has 8 nitrogen and oxygen atoms in total. The standard InChI is InChI=1S/C25H28N4O4/c30-22(27-18-5-3-4-17(14-18)16-28-10-12-33-13-11-28)15-26-24(31)23-20-6-1-2-7-21(20)25(32)29(23)19-8-9-19/h1-7,14,19,23H,8-13,15-16H2,(H,26,31)(H,27,30). The maximum atomic E-state index is 13.0. The lowest BCUT2D eigenvalue weighted by Crippen LogP contribution is -2.42. The SMILES string of the molecule is O=C(CNC(=O)C1c2ccccc2C(=O)N1C1CC1)Nc1cccc(CN2CCOCC2)c1. The van der Waals surface area contributed by atoms with E-state index < -0.39 is 6.04 Å². The minimum absolute atomic E-state index is 0.101. The van der Waals surface area contributed by atoms with Gasteiger partial charge in [-0.2, -0.15) is 0 Å².